The van der Waals surface area contributed by atoms with Gasteiger partial charge >= 0.3 is 0 Å². The predicted octanol–water partition coefficient (Wildman–Crippen LogP) is 2.36. The molecule has 0 aromatic carbocycles. The van der Waals surface area contributed by atoms with Gasteiger partial charge < -0.3 is 15.2 Å². The third kappa shape index (κ3) is 3.00. The second kappa shape index (κ2) is 6.53. The van der Waals surface area contributed by atoms with E-state index in [1.54, 1.807) is 11.3 Å². The van der Waals surface area contributed by atoms with Crippen molar-refractivity contribution in [1.82, 2.24) is 24.9 Å². The van der Waals surface area contributed by atoms with Crippen LogP contribution in [0.25, 0.3) is 15.9 Å². The Labute approximate surface area is 156 Å². The van der Waals surface area contributed by atoms with Gasteiger partial charge in [-0.1, -0.05) is 6.92 Å². The van der Waals surface area contributed by atoms with Gasteiger partial charge in [0.25, 0.3) is 0 Å². The van der Waals surface area contributed by atoms with Crippen LogP contribution in [-0.2, 0) is 24.3 Å². The van der Waals surface area contributed by atoms with Crippen LogP contribution in [0.5, 0.6) is 0 Å². The molecule has 0 radical (unpaired) electrons. The Morgan fingerprint density at radius 3 is 2.92 bits per heavy atom. The zero-order valence-electron chi connectivity index (χ0n) is 15.7. The average molecular weight is 375 g/mol. The summed E-state index contributed by atoms with van der Waals surface area (Å²) in [5.74, 6) is 1.56. The van der Waals surface area contributed by atoms with Gasteiger partial charge in [0.2, 0.25) is 0 Å². The largest absolute Gasteiger partial charge is 0.395 e. The third-order valence-corrected chi connectivity index (χ3v) is 6.07. The fourth-order valence-electron chi connectivity index (χ4n) is 3.43. The maximum atomic E-state index is 9.35. The Bertz CT molecular complexity index is 958. The Kier molecular flexibility index (Phi) is 4.46. The molecule has 7 nitrogen and oxygen atoms in total. The molecule has 0 aliphatic carbocycles. The van der Waals surface area contributed by atoms with E-state index in [1.165, 1.54) is 10.4 Å². The lowest BCUT2D eigenvalue weighted by Crippen LogP contribution is -2.31. The maximum Gasteiger partial charge on any atom is 0.168 e. The van der Waals surface area contributed by atoms with Crippen molar-refractivity contribution in [3.8, 4) is 0 Å². The molecule has 8 heteroatoms. The van der Waals surface area contributed by atoms with E-state index < -0.39 is 0 Å². The zero-order chi connectivity index (χ0) is 18.5. The number of hydrogen-bond acceptors (Lipinski definition) is 7. The van der Waals surface area contributed by atoms with Gasteiger partial charge in [-0.15, -0.1) is 16.4 Å². The van der Waals surface area contributed by atoms with Crippen LogP contribution in [0, 0.1) is 6.92 Å². The lowest BCUT2D eigenvalue weighted by atomic mass is 9.94. The van der Waals surface area contributed by atoms with Crippen molar-refractivity contribution in [1.29, 1.82) is 0 Å². The molecule has 0 spiro atoms. The number of fused-ring (bicyclic) bond motifs is 5. The van der Waals surface area contributed by atoms with Crippen molar-refractivity contribution in [3.63, 3.8) is 0 Å². The first-order chi connectivity index (χ1) is 12.4. The average Bonchev–Trinajstić information content (AvgIpc) is 3.16. The number of rotatable bonds is 5. The highest BCUT2D eigenvalue weighted by Gasteiger charge is 2.31. The monoisotopic (exact) mass is 375 g/mol. The Morgan fingerprint density at radius 2 is 2.19 bits per heavy atom. The smallest absolute Gasteiger partial charge is 0.168 e. The van der Waals surface area contributed by atoms with Crippen molar-refractivity contribution < 1.29 is 9.84 Å². The Morgan fingerprint density at radius 1 is 1.38 bits per heavy atom. The van der Waals surface area contributed by atoms with Crippen LogP contribution < -0.4 is 5.32 Å². The third-order valence-electron chi connectivity index (χ3n) is 4.98. The molecule has 2 N–H and O–H groups in total. The summed E-state index contributed by atoms with van der Waals surface area (Å²) in [6.07, 6.45) is 1.72. The van der Waals surface area contributed by atoms with Crippen LogP contribution in [0.15, 0.2) is 0 Å². The van der Waals surface area contributed by atoms with E-state index in [2.05, 4.69) is 24.3 Å². The van der Waals surface area contributed by atoms with Gasteiger partial charge in [-0.3, -0.25) is 0 Å². The quantitative estimate of drug-likeness (QED) is 0.712. The van der Waals surface area contributed by atoms with E-state index in [0.29, 0.717) is 13.2 Å². The Hall–Kier alpha value is -1.61. The Balaban J connectivity index is 1.80. The number of aromatic nitrogens is 4. The fourth-order valence-corrected chi connectivity index (χ4v) is 4.58. The van der Waals surface area contributed by atoms with Crippen LogP contribution in [0.1, 0.15) is 49.3 Å². The van der Waals surface area contributed by atoms with E-state index in [1.807, 2.05) is 18.4 Å². The number of nitrogens with one attached hydrogen (secondary N) is 1. The second-order valence-electron chi connectivity index (χ2n) is 7.50. The highest BCUT2D eigenvalue weighted by Crippen LogP contribution is 2.39. The van der Waals surface area contributed by atoms with Crippen molar-refractivity contribution >= 4 is 27.2 Å². The number of thiophene rings is 1. The van der Waals surface area contributed by atoms with E-state index in [9.17, 15) is 5.11 Å². The molecule has 4 rings (SSSR count). The normalized spacial score (nSPS) is 17.7. The molecule has 4 heterocycles. The lowest BCUT2D eigenvalue weighted by molar-refractivity contribution is -0.0379. The summed E-state index contributed by atoms with van der Waals surface area (Å²) in [6, 6.07) is 0.0627. The van der Waals surface area contributed by atoms with Crippen LogP contribution in [0.2, 0.25) is 0 Å². The lowest BCUT2D eigenvalue weighted by Gasteiger charge is -2.30. The first-order valence-corrected chi connectivity index (χ1v) is 9.88. The van der Waals surface area contributed by atoms with E-state index in [-0.39, 0.29) is 18.2 Å². The number of aryl methyl sites for hydroxylation is 1. The molecule has 140 valence electrons. The van der Waals surface area contributed by atoms with Gasteiger partial charge in [0, 0.05) is 17.3 Å². The van der Waals surface area contributed by atoms with Gasteiger partial charge in [0.15, 0.2) is 11.5 Å². The highest BCUT2D eigenvalue weighted by molar-refractivity contribution is 7.19. The summed E-state index contributed by atoms with van der Waals surface area (Å²) >= 11 is 1.70. The van der Waals surface area contributed by atoms with E-state index in [0.717, 1.165) is 40.4 Å². The summed E-state index contributed by atoms with van der Waals surface area (Å²) in [5.41, 5.74) is 1.99. The SMILES string of the molecule is CC[C@@H](CO)NCc1nc2c3c4c(sc3nc(C)n2n1)COC(C)(C)C4. The molecule has 0 saturated heterocycles. The number of aliphatic hydroxyl groups is 1. The van der Waals surface area contributed by atoms with E-state index >= 15 is 0 Å². The van der Waals surface area contributed by atoms with E-state index in [4.69, 9.17) is 14.7 Å². The molecule has 0 fully saturated rings. The standard InChI is InChI=1S/C18H25N5O2S/c1-5-11(8-24)19-7-14-21-16-15-12-6-18(3,4)25-9-13(12)26-17(15)20-10(2)23(16)22-14/h11,19,24H,5-9H2,1-4H3/t11-/m0/s1. The summed E-state index contributed by atoms with van der Waals surface area (Å²) in [4.78, 5) is 11.8. The molecule has 1 atom stereocenters. The van der Waals surface area contributed by atoms with Gasteiger partial charge in [-0.25, -0.2) is 9.97 Å². The van der Waals surface area contributed by atoms with Crippen molar-refractivity contribution in [2.45, 2.75) is 65.3 Å². The molecule has 26 heavy (non-hydrogen) atoms. The number of nitrogens with zero attached hydrogens (tertiary/aromatic N) is 4. The molecule has 3 aromatic rings. The van der Waals surface area contributed by atoms with Crippen molar-refractivity contribution in [2.75, 3.05) is 6.61 Å². The molecule has 1 aliphatic rings. The summed E-state index contributed by atoms with van der Waals surface area (Å²) in [7, 11) is 0. The van der Waals surface area contributed by atoms with Crippen molar-refractivity contribution in [2.24, 2.45) is 0 Å². The minimum Gasteiger partial charge on any atom is -0.395 e. The molecule has 0 saturated carbocycles. The molecule has 3 aromatic heterocycles. The van der Waals surface area contributed by atoms with Crippen LogP contribution in [0.3, 0.4) is 0 Å². The van der Waals surface area contributed by atoms with Crippen LogP contribution >= 0.6 is 11.3 Å². The minimum absolute atomic E-state index is 0.0627. The topological polar surface area (TPSA) is 84.6 Å². The number of aliphatic hydroxyl groups excluding tert-OH is 1. The molecule has 0 amide bonds. The first-order valence-electron chi connectivity index (χ1n) is 9.06. The number of hydrogen-bond donors (Lipinski definition) is 2. The summed E-state index contributed by atoms with van der Waals surface area (Å²) < 4.78 is 7.81. The van der Waals surface area contributed by atoms with Gasteiger partial charge in [0.05, 0.1) is 30.7 Å². The zero-order valence-corrected chi connectivity index (χ0v) is 16.5. The first kappa shape index (κ1) is 17.8. The van der Waals surface area contributed by atoms with Crippen LogP contribution in [0.4, 0.5) is 0 Å². The minimum atomic E-state index is -0.178. The molecular weight excluding hydrogens is 350 g/mol. The molecule has 1 aliphatic heterocycles. The fraction of sp³-hybridized carbons (Fsp3) is 0.611. The molecule has 0 unspecified atom stereocenters. The second-order valence-corrected chi connectivity index (χ2v) is 8.58. The van der Waals surface area contributed by atoms with Crippen LogP contribution in [-0.4, -0.2) is 42.9 Å². The van der Waals surface area contributed by atoms with Gasteiger partial charge in [0.1, 0.15) is 10.7 Å². The van der Waals surface area contributed by atoms with Crippen molar-refractivity contribution in [3.05, 3.63) is 22.1 Å². The number of ether oxygens (including phenoxy) is 1. The summed E-state index contributed by atoms with van der Waals surface area (Å²) in [6.45, 7) is 9.52. The van der Waals surface area contributed by atoms with Gasteiger partial charge in [-0.05, 0) is 32.8 Å². The summed E-state index contributed by atoms with van der Waals surface area (Å²) in [5, 5.41) is 18.4. The predicted molar refractivity (Wildman–Crippen MR) is 101 cm³/mol. The molecule has 0 bridgehead atoms. The highest BCUT2D eigenvalue weighted by atomic mass is 32.1. The maximum absolute atomic E-state index is 9.35. The van der Waals surface area contributed by atoms with Gasteiger partial charge in [-0.2, -0.15) is 4.52 Å². The molecular formula is C18H25N5O2S.